The zero-order valence-corrected chi connectivity index (χ0v) is 31.6. The van der Waals surface area contributed by atoms with Crippen LogP contribution >= 0.6 is 0 Å². The Morgan fingerprint density at radius 2 is 1.57 bits per heavy atom. The summed E-state index contributed by atoms with van der Waals surface area (Å²) < 4.78 is 53.5. The molecule has 0 atom stereocenters. The Balaban J connectivity index is 1.29. The Bertz CT molecular complexity index is 1940. The van der Waals surface area contributed by atoms with Gasteiger partial charge in [0.05, 0.1) is 40.7 Å². The summed E-state index contributed by atoms with van der Waals surface area (Å²) in [6.45, 7) is 1.49. The van der Waals surface area contributed by atoms with Gasteiger partial charge in [-0.1, -0.05) is 24.3 Å². The van der Waals surface area contributed by atoms with Gasteiger partial charge in [0.25, 0.3) is 5.91 Å². The smallest absolute Gasteiger partial charge is 0.415 e. The second kappa shape index (κ2) is 17.5. The number of methoxy groups -OCH3 is 3. The van der Waals surface area contributed by atoms with E-state index in [2.05, 4.69) is 4.99 Å². The largest absolute Gasteiger partial charge is 0.497 e. The Hall–Kier alpha value is -5.28. The first kappa shape index (κ1) is 38.9. The molecule has 284 valence electrons. The Morgan fingerprint density at radius 1 is 0.887 bits per heavy atom. The van der Waals surface area contributed by atoms with Gasteiger partial charge in [-0.3, -0.25) is 9.79 Å². The van der Waals surface area contributed by atoms with Crippen LogP contribution in [-0.4, -0.2) is 101 Å². The molecule has 3 aromatic rings. The minimum atomic E-state index is -3.30. The maximum Gasteiger partial charge on any atom is 0.415 e. The second-order valence-corrected chi connectivity index (χ2v) is 14.7. The third-order valence-electron chi connectivity index (χ3n) is 9.07. The molecule has 53 heavy (non-hydrogen) atoms. The van der Waals surface area contributed by atoms with Crippen molar-refractivity contribution in [2.45, 2.75) is 32.5 Å². The van der Waals surface area contributed by atoms with Crippen molar-refractivity contribution >= 4 is 27.7 Å². The molecule has 5 rings (SSSR count). The van der Waals surface area contributed by atoms with E-state index in [0.717, 1.165) is 30.2 Å². The zero-order valence-electron chi connectivity index (χ0n) is 30.7. The average molecular weight is 750 g/mol. The molecule has 2 aliphatic rings. The zero-order chi connectivity index (χ0) is 38.1. The summed E-state index contributed by atoms with van der Waals surface area (Å²) in [5.41, 5.74) is 9.48. The van der Waals surface area contributed by atoms with E-state index in [1.54, 1.807) is 75.8 Å². The molecule has 0 bridgehead atoms. The number of nitrogens with two attached hydrogens (primary N) is 1. The van der Waals surface area contributed by atoms with E-state index in [9.17, 15) is 18.0 Å². The number of aliphatic imine (C=N–C) groups is 1. The highest BCUT2D eigenvalue weighted by Gasteiger charge is 2.29. The monoisotopic (exact) mass is 749 g/mol. The van der Waals surface area contributed by atoms with Gasteiger partial charge < -0.3 is 39.2 Å². The van der Waals surface area contributed by atoms with Gasteiger partial charge in [0.2, 0.25) is 10.0 Å². The second-order valence-electron chi connectivity index (χ2n) is 12.8. The molecule has 14 nitrogen and oxygen atoms in total. The molecular formula is C38H47N5O9S. The normalized spacial score (nSPS) is 15.5. The van der Waals surface area contributed by atoms with Crippen LogP contribution in [0.4, 0.5) is 4.79 Å². The first-order chi connectivity index (χ1) is 25.4. The molecule has 1 aliphatic heterocycles. The van der Waals surface area contributed by atoms with Crippen molar-refractivity contribution in [1.29, 1.82) is 0 Å². The molecule has 2 fully saturated rings. The van der Waals surface area contributed by atoms with Crippen molar-refractivity contribution in [2.24, 2.45) is 16.6 Å². The highest BCUT2D eigenvalue weighted by molar-refractivity contribution is 7.88. The van der Waals surface area contributed by atoms with Gasteiger partial charge in [0.15, 0.2) is 11.5 Å². The SMILES string of the molecule is CN=C(C=C(N)C1CC1)C(=O)N(Cc1ccc(OC)cc1OC)Cc1cccc(OCc2ccc(OC(=O)N3CCN(S(C)(=O)=O)CC3)cc2)c1OC. The summed E-state index contributed by atoms with van der Waals surface area (Å²) in [6, 6.07) is 17.9. The van der Waals surface area contributed by atoms with E-state index in [-0.39, 0.29) is 63.4 Å². The number of ether oxygens (including phenoxy) is 5. The van der Waals surface area contributed by atoms with Gasteiger partial charge in [0.1, 0.15) is 29.6 Å². The topological polar surface area (TPSA) is 163 Å². The van der Waals surface area contributed by atoms with Gasteiger partial charge in [-0.15, -0.1) is 0 Å². The predicted octanol–water partition coefficient (Wildman–Crippen LogP) is 4.22. The fraction of sp³-hybridized carbons (Fsp3) is 0.395. The molecule has 0 radical (unpaired) electrons. The van der Waals surface area contributed by atoms with Crippen LogP contribution in [0.3, 0.4) is 0 Å². The predicted molar refractivity (Wildman–Crippen MR) is 200 cm³/mol. The first-order valence-electron chi connectivity index (χ1n) is 17.2. The summed E-state index contributed by atoms with van der Waals surface area (Å²) in [7, 11) is 2.97. The van der Waals surface area contributed by atoms with Crippen molar-refractivity contribution in [2.75, 3.05) is 60.8 Å². The number of hydrogen-bond donors (Lipinski definition) is 1. The van der Waals surface area contributed by atoms with E-state index < -0.39 is 16.1 Å². The number of carbonyl (C=O) groups excluding carboxylic acids is 2. The number of amides is 2. The van der Waals surface area contributed by atoms with Crippen molar-refractivity contribution in [3.8, 4) is 28.7 Å². The molecule has 0 aromatic heterocycles. The number of para-hydroxylation sites is 1. The molecule has 1 saturated carbocycles. The number of benzene rings is 3. The number of hydrogen-bond acceptors (Lipinski definition) is 11. The first-order valence-corrected chi connectivity index (χ1v) is 19.0. The minimum absolute atomic E-state index is 0.161. The molecule has 2 amide bonds. The van der Waals surface area contributed by atoms with Gasteiger partial charge >= 0.3 is 6.09 Å². The lowest BCUT2D eigenvalue weighted by molar-refractivity contribution is -0.125. The summed E-state index contributed by atoms with van der Waals surface area (Å²) in [6.07, 6.45) is 4.28. The van der Waals surface area contributed by atoms with Gasteiger partial charge in [-0.2, -0.15) is 4.31 Å². The van der Waals surface area contributed by atoms with E-state index in [1.807, 2.05) is 24.3 Å². The number of nitrogens with zero attached hydrogens (tertiary/aromatic N) is 4. The van der Waals surface area contributed by atoms with Crippen LogP contribution in [0.25, 0.3) is 0 Å². The van der Waals surface area contributed by atoms with Gasteiger partial charge in [0, 0.05) is 56.1 Å². The Morgan fingerprint density at radius 3 is 2.17 bits per heavy atom. The van der Waals surface area contributed by atoms with Crippen molar-refractivity contribution in [1.82, 2.24) is 14.1 Å². The average Bonchev–Trinajstić information content (AvgIpc) is 4.02. The van der Waals surface area contributed by atoms with E-state index >= 15 is 0 Å². The fourth-order valence-electron chi connectivity index (χ4n) is 5.88. The van der Waals surface area contributed by atoms with Crippen LogP contribution in [0.2, 0.25) is 0 Å². The summed E-state index contributed by atoms with van der Waals surface area (Å²) >= 11 is 0. The van der Waals surface area contributed by atoms with Gasteiger partial charge in [-0.25, -0.2) is 13.2 Å². The molecule has 2 N–H and O–H groups in total. The molecule has 0 spiro atoms. The lowest BCUT2D eigenvalue weighted by Crippen LogP contribution is -2.51. The number of sulfonamides is 1. The van der Waals surface area contributed by atoms with Crippen molar-refractivity contribution < 1.29 is 41.7 Å². The van der Waals surface area contributed by atoms with Crippen LogP contribution in [0.1, 0.15) is 29.5 Å². The quantitative estimate of drug-likeness (QED) is 0.223. The van der Waals surface area contributed by atoms with E-state index in [4.69, 9.17) is 29.4 Å². The van der Waals surface area contributed by atoms with E-state index in [1.165, 1.54) is 9.21 Å². The van der Waals surface area contributed by atoms with Crippen LogP contribution < -0.4 is 29.4 Å². The highest BCUT2D eigenvalue weighted by atomic mass is 32.2. The third-order valence-corrected chi connectivity index (χ3v) is 10.4. The lowest BCUT2D eigenvalue weighted by atomic mass is 10.1. The molecule has 1 saturated heterocycles. The molecule has 0 unspecified atom stereocenters. The fourth-order valence-corrected chi connectivity index (χ4v) is 6.71. The molecular weight excluding hydrogens is 703 g/mol. The number of carbonyl (C=O) groups is 2. The van der Waals surface area contributed by atoms with Crippen LogP contribution in [-0.2, 0) is 34.5 Å². The van der Waals surface area contributed by atoms with Gasteiger partial charge in [-0.05, 0) is 60.7 Å². The maximum atomic E-state index is 14.1. The van der Waals surface area contributed by atoms with Crippen LogP contribution in [0, 0.1) is 5.92 Å². The highest BCUT2D eigenvalue weighted by Crippen LogP contribution is 2.35. The molecule has 3 aromatic carbocycles. The van der Waals surface area contributed by atoms with Crippen LogP contribution in [0.5, 0.6) is 28.7 Å². The molecule has 1 aliphatic carbocycles. The third kappa shape index (κ3) is 10.2. The molecule has 1 heterocycles. The van der Waals surface area contributed by atoms with Crippen LogP contribution in [0.15, 0.2) is 77.4 Å². The number of allylic oxidation sites excluding steroid dienone is 1. The van der Waals surface area contributed by atoms with E-state index in [0.29, 0.717) is 40.0 Å². The lowest BCUT2D eigenvalue weighted by Gasteiger charge is -2.32. The van der Waals surface area contributed by atoms with Crippen molar-refractivity contribution in [3.05, 3.63) is 89.1 Å². The minimum Gasteiger partial charge on any atom is -0.497 e. The Kier molecular flexibility index (Phi) is 12.9. The summed E-state index contributed by atoms with van der Waals surface area (Å²) in [5.74, 6) is 2.46. The summed E-state index contributed by atoms with van der Waals surface area (Å²) in [4.78, 5) is 34.2. The maximum absolute atomic E-state index is 14.1. The standard InChI is InChI=1S/C38H47N5O9S/c1-40-33(22-32(39)27-11-12-27)37(44)42(23-28-13-16-31(48-2)21-35(28)49-3)24-29-7-6-8-34(36(29)50-4)51-25-26-9-14-30(15-10-26)52-38(45)41-17-19-43(20-18-41)53(5,46)47/h6-10,13-16,21-22,27H,11-12,17-20,23-25,39H2,1-5H3. The number of rotatable bonds is 15. The van der Waals surface area contributed by atoms with Crippen molar-refractivity contribution in [3.63, 3.8) is 0 Å². The molecule has 15 heteroatoms. The number of piperazine rings is 1. The Labute approximate surface area is 310 Å². The summed E-state index contributed by atoms with van der Waals surface area (Å²) in [5, 5.41) is 0.